The van der Waals surface area contributed by atoms with Gasteiger partial charge in [-0.3, -0.25) is 5.01 Å². The summed E-state index contributed by atoms with van der Waals surface area (Å²) in [6, 6.07) is 0. The topological polar surface area (TPSA) is 31.9 Å². The van der Waals surface area contributed by atoms with Crippen LogP contribution in [0.1, 0.15) is 6.92 Å². The summed E-state index contributed by atoms with van der Waals surface area (Å²) in [5.74, 6) is 0. The molecule has 3 N–H and O–H groups in total. The van der Waals surface area contributed by atoms with E-state index in [9.17, 15) is 0 Å². The molecule has 1 aliphatic heterocycles. The first kappa shape index (κ1) is 4.61. The van der Waals surface area contributed by atoms with Crippen LogP contribution in [0.4, 0.5) is 0 Å². The highest BCUT2D eigenvalue weighted by molar-refractivity contribution is 4.83. The summed E-state index contributed by atoms with van der Waals surface area (Å²) < 4.78 is 0. The Hall–Kier alpha value is -0.540. The number of nitrogens with one attached hydrogen (secondary N) is 1. The maximum Gasteiger partial charge on any atom is 0.141 e. The summed E-state index contributed by atoms with van der Waals surface area (Å²) in [7, 11) is 1.97. The molecule has 0 aromatic heterocycles. The molecule has 0 aromatic rings. The number of hydrazine groups is 1. The van der Waals surface area contributed by atoms with Crippen LogP contribution in [-0.2, 0) is 0 Å². The number of allylic oxidation sites excluding steroid dienone is 1. The Morgan fingerprint density at radius 3 is 2.71 bits per heavy atom. The maximum absolute atomic E-state index is 2.98. The molecule has 0 saturated carbocycles. The van der Waals surface area contributed by atoms with Crippen molar-refractivity contribution in [1.82, 2.24) is 10.5 Å². The van der Waals surface area contributed by atoms with Crippen molar-refractivity contribution in [1.29, 1.82) is 0 Å². The van der Waals surface area contributed by atoms with Gasteiger partial charge >= 0.3 is 0 Å². The highest BCUT2D eigenvalue weighted by Crippen LogP contribution is 1.83. The van der Waals surface area contributed by atoms with E-state index in [1.54, 1.807) is 0 Å². The fraction of sp³-hybridized carbons (Fsp3) is 0.500. The average Bonchev–Trinajstić information content (AvgIpc) is 1.87. The molecule has 0 amide bonds. The van der Waals surface area contributed by atoms with E-state index in [4.69, 9.17) is 0 Å². The monoisotopic (exact) mass is 100 g/mol. The third-order valence-corrected chi connectivity index (χ3v) is 0.893. The Balaban J connectivity index is 2.50. The van der Waals surface area contributed by atoms with Gasteiger partial charge in [-0.25, -0.2) is 5.43 Å². The van der Waals surface area contributed by atoms with Crippen LogP contribution >= 0.6 is 0 Å². The number of hydrogen-bond acceptors (Lipinski definition) is 2. The zero-order valence-electron chi connectivity index (χ0n) is 4.60. The van der Waals surface area contributed by atoms with Gasteiger partial charge < -0.3 is 0 Å². The molecule has 0 aromatic carbocycles. The zero-order chi connectivity index (χ0) is 5.28. The molecule has 40 valence electrons. The molecule has 1 heterocycles. The minimum absolute atomic E-state index is 1.27. The van der Waals surface area contributed by atoms with Crippen LogP contribution in [0.25, 0.3) is 0 Å². The second kappa shape index (κ2) is 1.52. The van der Waals surface area contributed by atoms with Gasteiger partial charge in [0.15, 0.2) is 0 Å². The normalized spacial score (nSPS) is 20.3. The van der Waals surface area contributed by atoms with Crippen molar-refractivity contribution in [2.45, 2.75) is 6.92 Å². The van der Waals surface area contributed by atoms with Crippen LogP contribution in [0.2, 0.25) is 0 Å². The van der Waals surface area contributed by atoms with E-state index in [1.165, 1.54) is 5.70 Å². The molecule has 0 radical (unpaired) electrons. The molecular weight excluding hydrogens is 90.1 g/mol. The van der Waals surface area contributed by atoms with Crippen LogP contribution in [0.5, 0.6) is 0 Å². The molecule has 1 rings (SSSR count). The smallest absolute Gasteiger partial charge is 0.141 e. The second-order valence-corrected chi connectivity index (χ2v) is 1.76. The third-order valence-electron chi connectivity index (χ3n) is 0.893. The van der Waals surface area contributed by atoms with E-state index in [0.717, 1.165) is 0 Å². The Kier molecular flexibility index (Phi) is 1.00. The van der Waals surface area contributed by atoms with Gasteiger partial charge in [-0.1, -0.05) is 5.53 Å². The quantitative estimate of drug-likeness (QED) is 0.374. The lowest BCUT2D eigenvalue weighted by molar-refractivity contribution is -0.675. The van der Waals surface area contributed by atoms with Crippen molar-refractivity contribution in [3.63, 3.8) is 0 Å². The molecule has 3 heteroatoms. The maximum atomic E-state index is 2.98. The van der Waals surface area contributed by atoms with Gasteiger partial charge in [-0.15, -0.1) is 0 Å². The lowest BCUT2D eigenvalue weighted by atomic mass is 10.6. The van der Waals surface area contributed by atoms with Crippen LogP contribution < -0.4 is 11.0 Å². The largest absolute Gasteiger partial charge is 0.269 e. The summed E-state index contributed by atoms with van der Waals surface area (Å²) in [6.07, 6.45) is 2.03. The predicted molar refractivity (Wildman–Crippen MR) is 26.6 cm³/mol. The van der Waals surface area contributed by atoms with Gasteiger partial charge in [0.1, 0.15) is 5.70 Å². The highest BCUT2D eigenvalue weighted by atomic mass is 15.7. The molecule has 0 atom stereocenters. The van der Waals surface area contributed by atoms with E-state index in [2.05, 4.69) is 12.5 Å². The first-order chi connectivity index (χ1) is 3.29. The van der Waals surface area contributed by atoms with Gasteiger partial charge in [0, 0.05) is 14.0 Å². The van der Waals surface area contributed by atoms with Gasteiger partial charge in [0.05, 0.1) is 6.20 Å². The average molecular weight is 100 g/mol. The molecule has 0 fully saturated rings. The van der Waals surface area contributed by atoms with E-state index in [0.29, 0.717) is 0 Å². The summed E-state index contributed by atoms with van der Waals surface area (Å²) >= 11 is 0. The highest BCUT2D eigenvalue weighted by Gasteiger charge is 2.03. The minimum Gasteiger partial charge on any atom is -0.269 e. The van der Waals surface area contributed by atoms with Crippen LogP contribution in [0, 0.1) is 0 Å². The first-order valence-corrected chi connectivity index (χ1v) is 2.30. The molecule has 0 saturated heterocycles. The van der Waals surface area contributed by atoms with Crippen molar-refractivity contribution < 1.29 is 5.43 Å². The lowest BCUT2D eigenvalue weighted by Gasteiger charge is -1.99. The van der Waals surface area contributed by atoms with Gasteiger partial charge in [-0.05, 0) is 0 Å². The Morgan fingerprint density at radius 2 is 2.57 bits per heavy atom. The molecule has 0 aliphatic carbocycles. The number of quaternary nitrogens is 1. The molecular formula is C4H10N3+. The van der Waals surface area contributed by atoms with E-state index < -0.39 is 0 Å². The summed E-state index contributed by atoms with van der Waals surface area (Å²) in [6.45, 7) is 2.05. The van der Waals surface area contributed by atoms with Crippen LogP contribution in [-0.4, -0.2) is 12.1 Å². The molecule has 0 bridgehead atoms. The van der Waals surface area contributed by atoms with Crippen LogP contribution in [0.15, 0.2) is 11.9 Å². The molecule has 0 spiro atoms. The minimum atomic E-state index is 1.27. The Bertz CT molecular complexity index is 97.1. The van der Waals surface area contributed by atoms with E-state index in [1.807, 2.05) is 23.7 Å². The SMILES string of the molecule is CC1=CN(C)N[NH2+]1. The molecule has 3 nitrogen and oxygen atoms in total. The predicted octanol–water partition coefficient (Wildman–Crippen LogP) is -1.22. The van der Waals surface area contributed by atoms with Crippen LogP contribution in [0.3, 0.4) is 0 Å². The first-order valence-electron chi connectivity index (χ1n) is 2.30. The van der Waals surface area contributed by atoms with Crippen molar-refractivity contribution in [3.8, 4) is 0 Å². The standard InChI is InChI=1S/C4H9N3/c1-4-3-7(2)6-5-4/h3,5-6H,1-2H3/p+1. The Morgan fingerprint density at radius 1 is 1.86 bits per heavy atom. The number of rotatable bonds is 0. The van der Waals surface area contributed by atoms with Crippen molar-refractivity contribution in [2.24, 2.45) is 0 Å². The summed E-state index contributed by atoms with van der Waals surface area (Å²) in [4.78, 5) is 0. The van der Waals surface area contributed by atoms with E-state index in [-0.39, 0.29) is 0 Å². The molecule has 1 aliphatic rings. The number of hydrogen-bond donors (Lipinski definition) is 2. The molecule has 0 unspecified atom stereocenters. The summed E-state index contributed by atoms with van der Waals surface area (Å²) in [5.41, 5.74) is 6.21. The lowest BCUT2D eigenvalue weighted by Crippen LogP contribution is -2.89. The van der Waals surface area contributed by atoms with E-state index >= 15 is 0 Å². The zero-order valence-corrected chi connectivity index (χ0v) is 4.60. The van der Waals surface area contributed by atoms with Gasteiger partial charge in [0.2, 0.25) is 0 Å². The number of nitrogens with zero attached hydrogens (tertiary/aromatic N) is 1. The Labute approximate surface area is 42.9 Å². The second-order valence-electron chi connectivity index (χ2n) is 1.76. The van der Waals surface area contributed by atoms with Gasteiger partial charge in [-0.2, -0.15) is 0 Å². The van der Waals surface area contributed by atoms with Crippen molar-refractivity contribution in [3.05, 3.63) is 11.9 Å². The number of nitrogens with two attached hydrogens (primary N) is 1. The molecule has 7 heavy (non-hydrogen) atoms. The summed E-state index contributed by atoms with van der Waals surface area (Å²) in [5, 5.41) is 1.91. The van der Waals surface area contributed by atoms with Gasteiger partial charge in [0.25, 0.3) is 0 Å². The fourth-order valence-corrected chi connectivity index (χ4v) is 0.584. The van der Waals surface area contributed by atoms with Crippen molar-refractivity contribution in [2.75, 3.05) is 7.05 Å². The third kappa shape index (κ3) is 0.913. The fourth-order valence-electron chi connectivity index (χ4n) is 0.584. The van der Waals surface area contributed by atoms with Crippen molar-refractivity contribution >= 4 is 0 Å².